The molecule has 1 aliphatic rings. The summed E-state index contributed by atoms with van der Waals surface area (Å²) in [5, 5.41) is 0. The third-order valence-corrected chi connectivity index (χ3v) is 3.80. The molecule has 1 aliphatic heterocycles. The monoisotopic (exact) mass is 261 g/mol. The van der Waals surface area contributed by atoms with Crippen LogP contribution >= 0.6 is 0 Å². The average Bonchev–Trinajstić information content (AvgIpc) is 2.47. The zero-order valence-electron chi connectivity index (χ0n) is 11.9. The van der Waals surface area contributed by atoms with Gasteiger partial charge in [0.1, 0.15) is 5.75 Å². The number of aryl methyl sites for hydroxylation is 1. The lowest BCUT2D eigenvalue weighted by atomic mass is 10.0. The van der Waals surface area contributed by atoms with E-state index in [1.165, 1.54) is 19.3 Å². The molecule has 3 heteroatoms. The van der Waals surface area contributed by atoms with E-state index in [-0.39, 0.29) is 5.78 Å². The number of Topliss-reactive ketones (excluding diaryl/α,β-unsaturated/α-hetero) is 1. The summed E-state index contributed by atoms with van der Waals surface area (Å²) in [5.74, 6) is 1.09. The smallest absolute Gasteiger partial charge is 0.176 e. The number of methoxy groups -OCH3 is 1. The van der Waals surface area contributed by atoms with Gasteiger partial charge in [-0.3, -0.25) is 9.69 Å². The average molecular weight is 261 g/mol. The van der Waals surface area contributed by atoms with Crippen LogP contribution in [0.25, 0.3) is 0 Å². The summed E-state index contributed by atoms with van der Waals surface area (Å²) < 4.78 is 5.30. The van der Waals surface area contributed by atoms with Crippen molar-refractivity contribution in [2.45, 2.75) is 32.6 Å². The highest BCUT2D eigenvalue weighted by atomic mass is 16.5. The summed E-state index contributed by atoms with van der Waals surface area (Å²) >= 11 is 0. The van der Waals surface area contributed by atoms with E-state index in [2.05, 4.69) is 11.8 Å². The summed E-state index contributed by atoms with van der Waals surface area (Å²) in [5.41, 5.74) is 1.91. The SMILES string of the molecule is CCc1cc(C(=O)CN2CCCCC2)ccc1OC. The van der Waals surface area contributed by atoms with E-state index >= 15 is 0 Å². The van der Waals surface area contributed by atoms with E-state index in [0.29, 0.717) is 6.54 Å². The van der Waals surface area contributed by atoms with E-state index < -0.39 is 0 Å². The molecule has 2 rings (SSSR count). The van der Waals surface area contributed by atoms with Gasteiger partial charge in [-0.2, -0.15) is 0 Å². The molecule has 104 valence electrons. The zero-order chi connectivity index (χ0) is 13.7. The van der Waals surface area contributed by atoms with Gasteiger partial charge < -0.3 is 4.74 Å². The van der Waals surface area contributed by atoms with Crippen molar-refractivity contribution in [2.24, 2.45) is 0 Å². The third kappa shape index (κ3) is 3.57. The number of rotatable bonds is 5. The molecule has 0 aliphatic carbocycles. The predicted molar refractivity (Wildman–Crippen MR) is 77.0 cm³/mol. The normalized spacial score (nSPS) is 16.3. The van der Waals surface area contributed by atoms with Crippen LogP contribution in [0.4, 0.5) is 0 Å². The van der Waals surface area contributed by atoms with Crippen LogP contribution in [0.5, 0.6) is 5.75 Å². The molecule has 1 saturated heterocycles. The first-order valence-electron chi connectivity index (χ1n) is 7.17. The van der Waals surface area contributed by atoms with Crippen LogP contribution in [0, 0.1) is 0 Å². The minimum absolute atomic E-state index is 0.222. The lowest BCUT2D eigenvalue weighted by Gasteiger charge is -2.25. The first kappa shape index (κ1) is 14.1. The number of nitrogens with zero attached hydrogens (tertiary/aromatic N) is 1. The molecule has 1 heterocycles. The standard InChI is InChI=1S/C16H23NO2/c1-3-13-11-14(7-8-16(13)19-2)15(18)12-17-9-5-4-6-10-17/h7-8,11H,3-6,9-10,12H2,1-2H3. The number of hydrogen-bond donors (Lipinski definition) is 0. The fourth-order valence-corrected chi connectivity index (χ4v) is 2.64. The third-order valence-electron chi connectivity index (χ3n) is 3.80. The Morgan fingerprint density at radius 3 is 2.63 bits per heavy atom. The topological polar surface area (TPSA) is 29.5 Å². The van der Waals surface area contributed by atoms with Gasteiger partial charge in [-0.25, -0.2) is 0 Å². The summed E-state index contributed by atoms with van der Waals surface area (Å²) in [6.07, 6.45) is 4.62. The van der Waals surface area contributed by atoms with Crippen LogP contribution in [-0.2, 0) is 6.42 Å². The highest BCUT2D eigenvalue weighted by Crippen LogP contribution is 2.21. The predicted octanol–water partition coefficient (Wildman–Crippen LogP) is 2.93. The number of piperidine rings is 1. The van der Waals surface area contributed by atoms with E-state index in [0.717, 1.165) is 36.4 Å². The van der Waals surface area contributed by atoms with Crippen molar-refractivity contribution in [3.63, 3.8) is 0 Å². The van der Waals surface area contributed by atoms with Crippen molar-refractivity contribution in [2.75, 3.05) is 26.7 Å². The van der Waals surface area contributed by atoms with Crippen LogP contribution in [0.15, 0.2) is 18.2 Å². The first-order chi connectivity index (χ1) is 9.24. The Labute approximate surface area is 115 Å². The van der Waals surface area contributed by atoms with E-state index in [1.807, 2.05) is 18.2 Å². The molecule has 0 unspecified atom stereocenters. The van der Waals surface area contributed by atoms with Crippen LogP contribution in [0.2, 0.25) is 0 Å². The number of benzene rings is 1. The summed E-state index contributed by atoms with van der Waals surface area (Å²) in [4.78, 5) is 14.6. The van der Waals surface area contributed by atoms with Gasteiger partial charge in [0.05, 0.1) is 13.7 Å². The lowest BCUT2D eigenvalue weighted by molar-refractivity contribution is 0.0915. The molecular formula is C16H23NO2. The van der Waals surface area contributed by atoms with Crippen molar-refractivity contribution in [3.8, 4) is 5.75 Å². The Hall–Kier alpha value is -1.35. The van der Waals surface area contributed by atoms with Crippen LogP contribution in [-0.4, -0.2) is 37.4 Å². The molecule has 1 aromatic carbocycles. The number of hydrogen-bond acceptors (Lipinski definition) is 3. The Morgan fingerprint density at radius 1 is 1.26 bits per heavy atom. The molecule has 1 aromatic rings. The summed E-state index contributed by atoms with van der Waals surface area (Å²) in [6.45, 7) is 4.75. The van der Waals surface area contributed by atoms with Crippen molar-refractivity contribution in [1.82, 2.24) is 4.90 Å². The zero-order valence-corrected chi connectivity index (χ0v) is 11.9. The van der Waals surface area contributed by atoms with Crippen LogP contribution in [0.3, 0.4) is 0 Å². The van der Waals surface area contributed by atoms with Gasteiger partial charge in [0.2, 0.25) is 0 Å². The van der Waals surface area contributed by atoms with Crippen molar-refractivity contribution < 1.29 is 9.53 Å². The van der Waals surface area contributed by atoms with E-state index in [1.54, 1.807) is 7.11 Å². The van der Waals surface area contributed by atoms with Gasteiger partial charge in [-0.1, -0.05) is 13.3 Å². The Balaban J connectivity index is 2.05. The maximum Gasteiger partial charge on any atom is 0.176 e. The van der Waals surface area contributed by atoms with Crippen molar-refractivity contribution in [1.29, 1.82) is 0 Å². The number of likely N-dealkylation sites (tertiary alicyclic amines) is 1. The van der Waals surface area contributed by atoms with E-state index in [9.17, 15) is 4.79 Å². The molecule has 0 saturated carbocycles. The van der Waals surface area contributed by atoms with E-state index in [4.69, 9.17) is 4.74 Å². The summed E-state index contributed by atoms with van der Waals surface area (Å²) in [6, 6.07) is 5.76. The number of carbonyl (C=O) groups is 1. The number of ketones is 1. The number of ether oxygens (including phenoxy) is 1. The van der Waals surface area contributed by atoms with Gasteiger partial charge in [-0.05, 0) is 56.1 Å². The molecule has 0 N–H and O–H groups in total. The van der Waals surface area contributed by atoms with Crippen LogP contribution < -0.4 is 4.74 Å². The molecular weight excluding hydrogens is 238 g/mol. The van der Waals surface area contributed by atoms with Gasteiger partial charge in [0, 0.05) is 5.56 Å². The Morgan fingerprint density at radius 2 is 2.00 bits per heavy atom. The van der Waals surface area contributed by atoms with Gasteiger partial charge in [0.25, 0.3) is 0 Å². The van der Waals surface area contributed by atoms with Gasteiger partial charge in [-0.15, -0.1) is 0 Å². The molecule has 0 amide bonds. The molecule has 3 nitrogen and oxygen atoms in total. The molecule has 0 radical (unpaired) electrons. The second-order valence-corrected chi connectivity index (χ2v) is 5.14. The fourth-order valence-electron chi connectivity index (χ4n) is 2.64. The lowest BCUT2D eigenvalue weighted by Crippen LogP contribution is -2.34. The minimum atomic E-state index is 0.222. The Kier molecular flexibility index (Phi) is 4.97. The molecule has 0 spiro atoms. The van der Waals surface area contributed by atoms with Crippen LogP contribution in [0.1, 0.15) is 42.1 Å². The second kappa shape index (κ2) is 6.71. The molecule has 0 atom stereocenters. The fraction of sp³-hybridized carbons (Fsp3) is 0.562. The summed E-state index contributed by atoms with van der Waals surface area (Å²) in [7, 11) is 1.67. The molecule has 0 aromatic heterocycles. The maximum absolute atomic E-state index is 12.3. The minimum Gasteiger partial charge on any atom is -0.496 e. The molecule has 0 bridgehead atoms. The molecule has 1 fully saturated rings. The largest absolute Gasteiger partial charge is 0.496 e. The Bertz CT molecular complexity index is 436. The van der Waals surface area contributed by atoms with Gasteiger partial charge in [0.15, 0.2) is 5.78 Å². The first-order valence-corrected chi connectivity index (χ1v) is 7.17. The highest BCUT2D eigenvalue weighted by Gasteiger charge is 2.16. The maximum atomic E-state index is 12.3. The van der Waals surface area contributed by atoms with Crippen molar-refractivity contribution >= 4 is 5.78 Å². The molecule has 19 heavy (non-hydrogen) atoms. The highest BCUT2D eigenvalue weighted by molar-refractivity contribution is 5.98. The number of carbonyl (C=O) groups excluding carboxylic acids is 1. The van der Waals surface area contributed by atoms with Crippen molar-refractivity contribution in [3.05, 3.63) is 29.3 Å². The second-order valence-electron chi connectivity index (χ2n) is 5.14. The van der Waals surface area contributed by atoms with Gasteiger partial charge >= 0.3 is 0 Å². The quantitative estimate of drug-likeness (QED) is 0.763.